The lowest BCUT2D eigenvalue weighted by atomic mass is 10.2. The van der Waals surface area contributed by atoms with Gasteiger partial charge in [0.05, 0.1) is 19.4 Å². The highest BCUT2D eigenvalue weighted by atomic mass is 32.1. The Morgan fingerprint density at radius 1 is 1.10 bits per heavy atom. The number of hydrogen-bond acceptors (Lipinski definition) is 7. The van der Waals surface area contributed by atoms with Gasteiger partial charge in [0, 0.05) is 5.69 Å². The summed E-state index contributed by atoms with van der Waals surface area (Å²) >= 11 is 1.31. The van der Waals surface area contributed by atoms with Crippen LogP contribution >= 0.6 is 11.3 Å². The largest absolute Gasteiger partial charge is 0.490 e. The summed E-state index contributed by atoms with van der Waals surface area (Å²) in [6.45, 7) is 4.32. The summed E-state index contributed by atoms with van der Waals surface area (Å²) in [6.07, 6.45) is 1.50. The molecule has 7 nitrogen and oxygen atoms in total. The van der Waals surface area contributed by atoms with Gasteiger partial charge in [-0.25, -0.2) is 10.2 Å². The van der Waals surface area contributed by atoms with Crippen LogP contribution in [0.25, 0.3) is 0 Å². The summed E-state index contributed by atoms with van der Waals surface area (Å²) in [5.74, 6) is 0.0320. The van der Waals surface area contributed by atoms with Crippen LogP contribution in [0.3, 0.4) is 0 Å². The smallest absolute Gasteiger partial charge is 0.353 e. The molecule has 160 valence electrons. The summed E-state index contributed by atoms with van der Waals surface area (Å²) in [5.41, 5.74) is 5.12. The molecule has 3 rings (SSSR count). The normalized spacial score (nSPS) is 10.6. The van der Waals surface area contributed by atoms with Crippen LogP contribution in [0.2, 0.25) is 0 Å². The third-order valence-corrected chi connectivity index (χ3v) is 5.03. The van der Waals surface area contributed by atoms with Crippen molar-refractivity contribution in [3.63, 3.8) is 0 Å². The number of anilines is 1. The van der Waals surface area contributed by atoms with Gasteiger partial charge in [0.2, 0.25) is 0 Å². The van der Waals surface area contributed by atoms with Crippen LogP contribution < -0.4 is 20.2 Å². The molecule has 0 aliphatic heterocycles. The molecule has 0 aliphatic rings. The van der Waals surface area contributed by atoms with Crippen LogP contribution in [-0.2, 0) is 4.79 Å². The zero-order valence-corrected chi connectivity index (χ0v) is 18.1. The van der Waals surface area contributed by atoms with Gasteiger partial charge in [0.15, 0.2) is 11.5 Å². The van der Waals surface area contributed by atoms with Gasteiger partial charge in [-0.3, -0.25) is 4.79 Å². The highest BCUT2D eigenvalue weighted by Gasteiger charge is 2.14. The molecule has 0 saturated carbocycles. The maximum absolute atomic E-state index is 12.2. The summed E-state index contributed by atoms with van der Waals surface area (Å²) in [7, 11) is 0. The second-order valence-electron chi connectivity index (χ2n) is 6.47. The predicted octanol–water partition coefficient (Wildman–Crippen LogP) is 4.24. The molecular weight excluding hydrogens is 414 g/mol. The standard InChI is InChI=1S/C23H23N3O4S/c1-3-29-20-13-17(10-11-19(20)30-23(28)21-9-6-12-31-21)14-25-26-22(27)15-24-18-8-5-4-7-16(18)2/h4-14,24H,3,15H2,1-2H3,(H,26,27)/b25-14-. The maximum Gasteiger partial charge on any atom is 0.353 e. The third-order valence-electron chi connectivity index (χ3n) is 4.18. The minimum Gasteiger partial charge on any atom is -0.490 e. The van der Waals surface area contributed by atoms with E-state index < -0.39 is 5.97 Å². The van der Waals surface area contributed by atoms with E-state index in [1.807, 2.05) is 43.5 Å². The lowest BCUT2D eigenvalue weighted by molar-refractivity contribution is -0.119. The molecule has 2 aromatic carbocycles. The van der Waals surface area contributed by atoms with Crippen molar-refractivity contribution < 1.29 is 19.1 Å². The molecule has 0 spiro atoms. The number of nitrogens with zero attached hydrogens (tertiary/aromatic N) is 1. The second-order valence-corrected chi connectivity index (χ2v) is 7.42. The number of benzene rings is 2. The molecule has 3 aromatic rings. The van der Waals surface area contributed by atoms with Crippen LogP contribution in [0.1, 0.15) is 27.7 Å². The van der Waals surface area contributed by atoms with E-state index in [4.69, 9.17) is 9.47 Å². The quantitative estimate of drug-likeness (QED) is 0.226. The number of hydrazone groups is 1. The van der Waals surface area contributed by atoms with E-state index in [1.165, 1.54) is 17.6 Å². The summed E-state index contributed by atoms with van der Waals surface area (Å²) in [6, 6.07) is 16.3. The SMILES string of the molecule is CCOc1cc(/C=N\NC(=O)CNc2ccccc2C)ccc1OC(=O)c1cccs1. The average Bonchev–Trinajstić information content (AvgIpc) is 3.30. The fourth-order valence-electron chi connectivity index (χ4n) is 2.67. The number of amides is 1. The van der Waals surface area contributed by atoms with E-state index in [1.54, 1.807) is 30.3 Å². The number of esters is 1. The van der Waals surface area contributed by atoms with Gasteiger partial charge >= 0.3 is 5.97 Å². The van der Waals surface area contributed by atoms with Crippen molar-refractivity contribution in [3.05, 3.63) is 76.0 Å². The number of para-hydroxylation sites is 1. The van der Waals surface area contributed by atoms with Gasteiger partial charge in [0.1, 0.15) is 4.88 Å². The second kappa shape index (κ2) is 10.9. The first-order chi connectivity index (χ1) is 15.1. The molecule has 0 radical (unpaired) electrons. The fraction of sp³-hybridized carbons (Fsp3) is 0.174. The van der Waals surface area contributed by atoms with Crippen molar-refractivity contribution >= 4 is 35.1 Å². The van der Waals surface area contributed by atoms with Crippen LogP contribution in [0.15, 0.2) is 65.1 Å². The molecule has 31 heavy (non-hydrogen) atoms. The number of hydrogen-bond donors (Lipinski definition) is 2. The van der Waals surface area contributed by atoms with E-state index in [2.05, 4.69) is 15.8 Å². The molecule has 1 aromatic heterocycles. The van der Waals surface area contributed by atoms with E-state index in [-0.39, 0.29) is 12.5 Å². The van der Waals surface area contributed by atoms with Crippen molar-refractivity contribution in [2.75, 3.05) is 18.5 Å². The molecule has 0 fully saturated rings. The zero-order chi connectivity index (χ0) is 22.1. The zero-order valence-electron chi connectivity index (χ0n) is 17.3. The molecular formula is C23H23N3O4S. The van der Waals surface area contributed by atoms with E-state index in [0.29, 0.717) is 28.5 Å². The Balaban J connectivity index is 1.58. The first-order valence-electron chi connectivity index (χ1n) is 9.70. The Labute approximate surface area is 184 Å². The molecule has 1 amide bonds. The Hall–Kier alpha value is -3.65. The first kappa shape index (κ1) is 22.0. The molecule has 0 saturated heterocycles. The van der Waals surface area contributed by atoms with Gasteiger partial charge in [-0.05, 0) is 60.7 Å². The highest BCUT2D eigenvalue weighted by molar-refractivity contribution is 7.12. The van der Waals surface area contributed by atoms with Crippen molar-refractivity contribution in [2.24, 2.45) is 5.10 Å². The van der Waals surface area contributed by atoms with E-state index in [0.717, 1.165) is 11.3 Å². The minimum atomic E-state index is -0.439. The number of aryl methyl sites for hydroxylation is 1. The number of nitrogens with one attached hydrogen (secondary N) is 2. The molecule has 0 atom stereocenters. The fourth-order valence-corrected chi connectivity index (χ4v) is 3.27. The van der Waals surface area contributed by atoms with E-state index >= 15 is 0 Å². The predicted molar refractivity (Wildman–Crippen MR) is 122 cm³/mol. The van der Waals surface area contributed by atoms with Gasteiger partial charge < -0.3 is 14.8 Å². The van der Waals surface area contributed by atoms with Crippen LogP contribution in [0, 0.1) is 6.92 Å². The molecule has 1 heterocycles. The number of thiophene rings is 1. The van der Waals surface area contributed by atoms with Gasteiger partial charge in [-0.2, -0.15) is 5.10 Å². The summed E-state index contributed by atoms with van der Waals surface area (Å²) in [5, 5.41) is 8.86. The summed E-state index contributed by atoms with van der Waals surface area (Å²) < 4.78 is 11.0. The van der Waals surface area contributed by atoms with Crippen molar-refractivity contribution in [1.29, 1.82) is 0 Å². The molecule has 8 heteroatoms. The lowest BCUT2D eigenvalue weighted by Crippen LogP contribution is -2.26. The van der Waals surface area contributed by atoms with Crippen molar-refractivity contribution in [2.45, 2.75) is 13.8 Å². The summed E-state index contributed by atoms with van der Waals surface area (Å²) in [4.78, 5) is 24.7. The van der Waals surface area contributed by atoms with Crippen LogP contribution in [0.5, 0.6) is 11.5 Å². The molecule has 0 unspecified atom stereocenters. The third kappa shape index (κ3) is 6.42. The number of carbonyl (C=O) groups excluding carboxylic acids is 2. The topological polar surface area (TPSA) is 89.0 Å². The van der Waals surface area contributed by atoms with E-state index in [9.17, 15) is 9.59 Å². The Morgan fingerprint density at radius 3 is 2.68 bits per heavy atom. The molecule has 0 aliphatic carbocycles. The van der Waals surface area contributed by atoms with Crippen LogP contribution in [0.4, 0.5) is 5.69 Å². The van der Waals surface area contributed by atoms with Gasteiger partial charge in [0.25, 0.3) is 5.91 Å². The molecule has 0 bridgehead atoms. The Morgan fingerprint density at radius 2 is 1.94 bits per heavy atom. The number of carbonyl (C=O) groups is 2. The Kier molecular flexibility index (Phi) is 7.78. The van der Waals surface area contributed by atoms with Crippen molar-refractivity contribution in [1.82, 2.24) is 5.43 Å². The minimum absolute atomic E-state index is 0.101. The Bertz CT molecular complexity index is 1060. The maximum atomic E-state index is 12.2. The number of ether oxygens (including phenoxy) is 2. The lowest BCUT2D eigenvalue weighted by Gasteiger charge is -2.11. The van der Waals surface area contributed by atoms with Crippen molar-refractivity contribution in [3.8, 4) is 11.5 Å². The van der Waals surface area contributed by atoms with Gasteiger partial charge in [-0.1, -0.05) is 24.3 Å². The number of rotatable bonds is 9. The highest BCUT2D eigenvalue weighted by Crippen LogP contribution is 2.29. The first-order valence-corrected chi connectivity index (χ1v) is 10.6. The molecule has 2 N–H and O–H groups in total. The van der Waals surface area contributed by atoms with Crippen LogP contribution in [-0.4, -0.2) is 31.2 Å². The average molecular weight is 438 g/mol. The monoisotopic (exact) mass is 437 g/mol. The van der Waals surface area contributed by atoms with Gasteiger partial charge in [-0.15, -0.1) is 11.3 Å².